The van der Waals surface area contributed by atoms with E-state index in [1.165, 1.54) is 44.5 Å². The molecule has 0 radical (unpaired) electrons. The second kappa shape index (κ2) is 8.04. The first-order chi connectivity index (χ1) is 11.7. The summed E-state index contributed by atoms with van der Waals surface area (Å²) in [5.74, 6) is 2.93. The molecule has 0 spiro atoms. The standard InChI is InChI=1S/C19H33N5/c1-4-20-19(23-13-17-8-5-6-9-18(17)14-23)21-10-7-11-24-16(3)12-15(2)22-24/h12,17-18H,4-11,13-14H2,1-3H3,(H,20,21). The van der Waals surface area contributed by atoms with Crippen LogP contribution >= 0.6 is 0 Å². The summed E-state index contributed by atoms with van der Waals surface area (Å²) in [7, 11) is 0. The second-order valence-electron chi connectivity index (χ2n) is 7.45. The van der Waals surface area contributed by atoms with E-state index < -0.39 is 0 Å². The summed E-state index contributed by atoms with van der Waals surface area (Å²) in [6, 6.07) is 2.14. The average molecular weight is 332 g/mol. The van der Waals surface area contributed by atoms with E-state index in [2.05, 4.69) is 46.8 Å². The summed E-state index contributed by atoms with van der Waals surface area (Å²) >= 11 is 0. The van der Waals surface area contributed by atoms with E-state index in [9.17, 15) is 0 Å². The van der Waals surface area contributed by atoms with Crippen molar-refractivity contribution in [3.8, 4) is 0 Å². The van der Waals surface area contributed by atoms with Crippen molar-refractivity contribution in [2.45, 2.75) is 59.4 Å². The minimum atomic E-state index is 0.868. The molecule has 2 aliphatic rings. The highest BCUT2D eigenvalue weighted by Crippen LogP contribution is 2.35. The Morgan fingerprint density at radius 2 is 1.96 bits per heavy atom. The van der Waals surface area contributed by atoms with Gasteiger partial charge in [0.15, 0.2) is 5.96 Å². The molecule has 5 nitrogen and oxygen atoms in total. The smallest absolute Gasteiger partial charge is 0.193 e. The quantitative estimate of drug-likeness (QED) is 0.512. The van der Waals surface area contributed by atoms with Gasteiger partial charge in [-0.1, -0.05) is 12.8 Å². The monoisotopic (exact) mass is 331 g/mol. The van der Waals surface area contributed by atoms with E-state index in [1.54, 1.807) is 0 Å². The maximum atomic E-state index is 4.90. The maximum Gasteiger partial charge on any atom is 0.193 e. The molecule has 5 heteroatoms. The molecule has 1 aromatic rings. The molecule has 1 N–H and O–H groups in total. The van der Waals surface area contributed by atoms with E-state index in [1.807, 2.05) is 0 Å². The van der Waals surface area contributed by atoms with Crippen molar-refractivity contribution in [1.82, 2.24) is 20.0 Å². The largest absolute Gasteiger partial charge is 0.357 e. The molecule has 1 aliphatic carbocycles. The van der Waals surface area contributed by atoms with Crippen LogP contribution in [0.2, 0.25) is 0 Å². The van der Waals surface area contributed by atoms with Crippen LogP contribution in [0, 0.1) is 25.7 Å². The fourth-order valence-electron chi connectivity index (χ4n) is 4.31. The fraction of sp³-hybridized carbons (Fsp3) is 0.789. The van der Waals surface area contributed by atoms with Crippen molar-refractivity contribution in [2.75, 3.05) is 26.2 Å². The highest BCUT2D eigenvalue weighted by molar-refractivity contribution is 5.80. The number of aliphatic imine (C=N–C) groups is 1. The van der Waals surface area contributed by atoms with Crippen molar-refractivity contribution in [1.29, 1.82) is 0 Å². The first kappa shape index (κ1) is 17.3. The van der Waals surface area contributed by atoms with Crippen LogP contribution in [0.3, 0.4) is 0 Å². The fourth-order valence-corrected chi connectivity index (χ4v) is 4.31. The van der Waals surface area contributed by atoms with Crippen molar-refractivity contribution in [3.05, 3.63) is 17.5 Å². The molecule has 2 heterocycles. The van der Waals surface area contributed by atoms with Gasteiger partial charge in [0.05, 0.1) is 5.69 Å². The van der Waals surface area contributed by atoms with E-state index in [0.717, 1.165) is 49.5 Å². The molecule has 2 fully saturated rings. The van der Waals surface area contributed by atoms with Gasteiger partial charge in [-0.05, 0) is 57.9 Å². The third kappa shape index (κ3) is 4.11. The molecule has 0 aromatic carbocycles. The summed E-state index contributed by atoms with van der Waals surface area (Å²) in [6.45, 7) is 11.5. The molecule has 1 aromatic heterocycles. The Kier molecular flexibility index (Phi) is 5.80. The Morgan fingerprint density at radius 1 is 1.25 bits per heavy atom. The number of guanidine groups is 1. The molecule has 1 aliphatic heterocycles. The Bertz CT molecular complexity index is 548. The minimum Gasteiger partial charge on any atom is -0.357 e. The van der Waals surface area contributed by atoms with Gasteiger partial charge in [-0.15, -0.1) is 0 Å². The van der Waals surface area contributed by atoms with Crippen LogP contribution in [0.1, 0.15) is 50.4 Å². The van der Waals surface area contributed by atoms with Gasteiger partial charge in [0, 0.05) is 38.4 Å². The van der Waals surface area contributed by atoms with Gasteiger partial charge in [-0.25, -0.2) is 0 Å². The highest BCUT2D eigenvalue weighted by Gasteiger charge is 2.35. The van der Waals surface area contributed by atoms with Crippen LogP contribution in [0.15, 0.2) is 11.1 Å². The van der Waals surface area contributed by atoms with Gasteiger partial charge in [0.2, 0.25) is 0 Å². The third-order valence-electron chi connectivity index (χ3n) is 5.50. The van der Waals surface area contributed by atoms with Crippen molar-refractivity contribution >= 4 is 5.96 Å². The lowest BCUT2D eigenvalue weighted by atomic mass is 9.82. The summed E-state index contributed by atoms with van der Waals surface area (Å²) in [6.07, 6.45) is 6.71. The number of nitrogens with zero attached hydrogens (tertiary/aromatic N) is 4. The van der Waals surface area contributed by atoms with Crippen molar-refractivity contribution in [2.24, 2.45) is 16.8 Å². The van der Waals surface area contributed by atoms with Crippen LogP contribution in [0.5, 0.6) is 0 Å². The maximum absolute atomic E-state index is 4.90. The molecular formula is C19H33N5. The van der Waals surface area contributed by atoms with E-state index in [0.29, 0.717) is 0 Å². The summed E-state index contributed by atoms with van der Waals surface area (Å²) in [4.78, 5) is 7.40. The van der Waals surface area contributed by atoms with Gasteiger partial charge in [0.25, 0.3) is 0 Å². The zero-order chi connectivity index (χ0) is 16.9. The van der Waals surface area contributed by atoms with Crippen LogP contribution < -0.4 is 5.32 Å². The second-order valence-corrected chi connectivity index (χ2v) is 7.45. The Labute approximate surface area is 146 Å². The first-order valence-corrected chi connectivity index (χ1v) is 9.71. The Balaban J connectivity index is 1.53. The Hall–Kier alpha value is -1.52. The lowest BCUT2D eigenvalue weighted by Gasteiger charge is -2.22. The van der Waals surface area contributed by atoms with Crippen LogP contribution in [0.25, 0.3) is 0 Å². The third-order valence-corrected chi connectivity index (χ3v) is 5.50. The molecule has 134 valence electrons. The van der Waals surface area contributed by atoms with Gasteiger partial charge < -0.3 is 10.2 Å². The molecule has 24 heavy (non-hydrogen) atoms. The van der Waals surface area contributed by atoms with E-state index >= 15 is 0 Å². The topological polar surface area (TPSA) is 45.5 Å². The minimum absolute atomic E-state index is 0.868. The van der Waals surface area contributed by atoms with Crippen LogP contribution in [-0.2, 0) is 6.54 Å². The zero-order valence-corrected chi connectivity index (χ0v) is 15.6. The summed E-state index contributed by atoms with van der Waals surface area (Å²) < 4.78 is 2.10. The van der Waals surface area contributed by atoms with Gasteiger partial charge in [0.1, 0.15) is 0 Å². The number of nitrogens with one attached hydrogen (secondary N) is 1. The lowest BCUT2D eigenvalue weighted by molar-refractivity contribution is 0.299. The number of fused-ring (bicyclic) bond motifs is 1. The number of rotatable bonds is 5. The number of aryl methyl sites for hydroxylation is 3. The predicted octanol–water partition coefficient (Wildman–Crippen LogP) is 2.98. The van der Waals surface area contributed by atoms with Crippen LogP contribution in [-0.4, -0.2) is 46.8 Å². The van der Waals surface area contributed by atoms with Crippen molar-refractivity contribution in [3.63, 3.8) is 0 Å². The first-order valence-electron chi connectivity index (χ1n) is 9.71. The SMILES string of the molecule is CCNC(=NCCCn1nc(C)cc1C)N1CC2CCCCC2C1. The van der Waals surface area contributed by atoms with Crippen LogP contribution in [0.4, 0.5) is 0 Å². The molecule has 0 bridgehead atoms. The highest BCUT2D eigenvalue weighted by atomic mass is 15.3. The lowest BCUT2D eigenvalue weighted by Crippen LogP contribution is -2.40. The number of aromatic nitrogens is 2. The number of hydrogen-bond acceptors (Lipinski definition) is 2. The normalized spacial score (nSPS) is 24.3. The predicted molar refractivity (Wildman–Crippen MR) is 99.3 cm³/mol. The number of hydrogen-bond donors (Lipinski definition) is 1. The average Bonchev–Trinajstić information content (AvgIpc) is 3.13. The molecule has 1 saturated carbocycles. The molecule has 2 atom stereocenters. The van der Waals surface area contributed by atoms with E-state index in [-0.39, 0.29) is 0 Å². The molecule has 1 saturated heterocycles. The molecule has 2 unspecified atom stereocenters. The van der Waals surface area contributed by atoms with Crippen molar-refractivity contribution < 1.29 is 0 Å². The summed E-state index contributed by atoms with van der Waals surface area (Å²) in [5.41, 5.74) is 2.34. The molecule has 3 rings (SSSR count). The van der Waals surface area contributed by atoms with Gasteiger partial charge in [-0.3, -0.25) is 9.67 Å². The zero-order valence-electron chi connectivity index (χ0n) is 15.6. The van der Waals surface area contributed by atoms with Gasteiger partial charge >= 0.3 is 0 Å². The molecule has 0 amide bonds. The molecular weight excluding hydrogens is 298 g/mol. The number of likely N-dealkylation sites (tertiary alicyclic amines) is 1. The summed E-state index contributed by atoms with van der Waals surface area (Å²) in [5, 5.41) is 8.03. The van der Waals surface area contributed by atoms with Gasteiger partial charge in [-0.2, -0.15) is 5.10 Å². The van der Waals surface area contributed by atoms with E-state index in [4.69, 9.17) is 4.99 Å². The Morgan fingerprint density at radius 3 is 2.54 bits per heavy atom.